The molecule has 1 aromatic heterocycles. The molecule has 2 atom stereocenters. The number of sulfonamides is 1. The van der Waals surface area contributed by atoms with Gasteiger partial charge in [-0.25, -0.2) is 4.68 Å². The summed E-state index contributed by atoms with van der Waals surface area (Å²) in [7, 11) is -3.21. The van der Waals surface area contributed by atoms with Gasteiger partial charge in [-0.3, -0.25) is 19.7 Å². The van der Waals surface area contributed by atoms with Crippen LogP contribution in [-0.4, -0.2) is 43.0 Å². The standard InChI is InChI=1S/C19H18F3N5O5S/c1-26-16(7-14(25-26)19(20,21)22)33(31,32)23-8-10-2-3-12-11(6-10)9-27(18(12)30)13-4-5-15(28)24-17(13)29/h2-3,6-7,13H,4-5,8-9H2,1H3,(H2-,23,24,28,29,31,32). The van der Waals surface area contributed by atoms with Crippen molar-refractivity contribution in [3.63, 3.8) is 0 Å². The molecule has 2 unspecified atom stereocenters. The number of halogens is 3. The van der Waals surface area contributed by atoms with Crippen LogP contribution < -0.4 is 10.0 Å². The third-order valence-electron chi connectivity index (χ3n) is 5.46. The van der Waals surface area contributed by atoms with Crippen molar-refractivity contribution < 1.29 is 36.3 Å². The van der Waals surface area contributed by atoms with E-state index in [-0.39, 0.29) is 31.8 Å². The SMILES string of the molecule is Cn1nc(C(F)(F)F)cc1[S+](=O)([O-])NCc1ccc2c(c1)CN(C1CCC(=O)NC1=O)C2=O. The molecular formula is C19H18F3N5O5S. The van der Waals surface area contributed by atoms with Crippen LogP contribution in [0, 0.1) is 0 Å². The lowest BCUT2D eigenvalue weighted by Crippen LogP contribution is -2.52. The molecule has 3 amide bonds. The molecule has 2 aromatic rings. The van der Waals surface area contributed by atoms with Crippen molar-refractivity contribution in [1.29, 1.82) is 0 Å². The number of hydrogen-bond acceptors (Lipinski definition) is 6. The monoisotopic (exact) mass is 485 g/mol. The number of benzene rings is 1. The number of piperidine rings is 1. The topological polar surface area (TPSA) is 136 Å². The molecule has 1 saturated heterocycles. The highest BCUT2D eigenvalue weighted by molar-refractivity contribution is 7.95. The minimum atomic E-state index is -4.79. The van der Waals surface area contributed by atoms with Crippen molar-refractivity contribution in [2.75, 3.05) is 0 Å². The molecule has 0 spiro atoms. The molecule has 14 heteroatoms. The number of carbonyl (C=O) groups excluding carboxylic acids is 3. The zero-order chi connectivity index (χ0) is 24.1. The van der Waals surface area contributed by atoms with E-state index in [0.29, 0.717) is 27.4 Å². The third-order valence-corrected chi connectivity index (χ3v) is 6.91. The first-order valence-corrected chi connectivity index (χ1v) is 11.2. The maximum atomic E-state index is 12.8. The highest BCUT2D eigenvalue weighted by atomic mass is 32.3. The largest absolute Gasteiger partial charge is 0.592 e. The number of fused-ring (bicyclic) bond motifs is 1. The Balaban J connectivity index is 1.48. The van der Waals surface area contributed by atoms with Crippen LogP contribution in [0.3, 0.4) is 0 Å². The summed E-state index contributed by atoms with van der Waals surface area (Å²) < 4.78 is 66.3. The maximum absolute atomic E-state index is 12.8. The third kappa shape index (κ3) is 4.41. The fourth-order valence-electron chi connectivity index (χ4n) is 3.83. The van der Waals surface area contributed by atoms with Gasteiger partial charge in [0.2, 0.25) is 11.8 Å². The molecule has 1 fully saturated rings. The molecule has 0 bridgehead atoms. The lowest BCUT2D eigenvalue weighted by molar-refractivity contribution is -0.141. The van der Waals surface area contributed by atoms with E-state index in [0.717, 1.165) is 7.05 Å². The molecule has 10 nitrogen and oxygen atoms in total. The van der Waals surface area contributed by atoms with Crippen LogP contribution in [0.15, 0.2) is 29.3 Å². The molecule has 2 aliphatic rings. The van der Waals surface area contributed by atoms with Crippen molar-refractivity contribution in [2.45, 2.75) is 43.2 Å². The van der Waals surface area contributed by atoms with E-state index in [1.807, 2.05) is 0 Å². The molecule has 33 heavy (non-hydrogen) atoms. The summed E-state index contributed by atoms with van der Waals surface area (Å²) >= 11 is 0. The van der Waals surface area contributed by atoms with E-state index in [1.165, 1.54) is 17.0 Å². The van der Waals surface area contributed by atoms with Crippen LogP contribution in [0.2, 0.25) is 0 Å². The molecular weight excluding hydrogens is 467 g/mol. The van der Waals surface area contributed by atoms with Crippen molar-refractivity contribution >= 4 is 28.1 Å². The van der Waals surface area contributed by atoms with Gasteiger partial charge in [0, 0.05) is 31.6 Å². The number of amides is 3. The number of aromatic nitrogens is 2. The van der Waals surface area contributed by atoms with Gasteiger partial charge in [-0.05, 0) is 23.6 Å². The predicted octanol–water partition coefficient (Wildman–Crippen LogP) is 0.893. The number of imide groups is 1. The normalized spacial score (nSPS) is 20.6. The van der Waals surface area contributed by atoms with Gasteiger partial charge in [0.05, 0.1) is 6.54 Å². The average molecular weight is 485 g/mol. The van der Waals surface area contributed by atoms with Crippen LogP contribution in [0.25, 0.3) is 0 Å². The Morgan fingerprint density at radius 1 is 1.27 bits per heavy atom. The predicted molar refractivity (Wildman–Crippen MR) is 105 cm³/mol. The Hall–Kier alpha value is -3.10. The Morgan fingerprint density at radius 3 is 2.64 bits per heavy atom. The first-order chi connectivity index (χ1) is 15.4. The number of carbonyl (C=O) groups is 3. The van der Waals surface area contributed by atoms with Crippen LogP contribution in [0.4, 0.5) is 13.2 Å². The van der Waals surface area contributed by atoms with Crippen molar-refractivity contribution in [2.24, 2.45) is 7.05 Å². The van der Waals surface area contributed by atoms with Gasteiger partial charge in [-0.15, -0.1) is 4.72 Å². The maximum Gasteiger partial charge on any atom is 0.435 e. The summed E-state index contributed by atoms with van der Waals surface area (Å²) in [6, 6.07) is 4.27. The lowest BCUT2D eigenvalue weighted by Gasteiger charge is -2.29. The van der Waals surface area contributed by atoms with Gasteiger partial charge in [-0.2, -0.15) is 18.3 Å². The van der Waals surface area contributed by atoms with E-state index >= 15 is 0 Å². The smallest absolute Gasteiger partial charge is 0.435 e. The summed E-state index contributed by atoms with van der Waals surface area (Å²) in [5.41, 5.74) is 0.0671. The minimum Gasteiger partial charge on any atom is -0.592 e. The fourth-order valence-corrected chi connectivity index (χ4v) is 4.99. The average Bonchev–Trinajstić information content (AvgIpc) is 3.27. The summed E-state index contributed by atoms with van der Waals surface area (Å²) in [5.74, 6) is -1.32. The summed E-state index contributed by atoms with van der Waals surface area (Å²) in [5, 5.41) is 4.76. The molecule has 0 saturated carbocycles. The van der Waals surface area contributed by atoms with Crippen molar-refractivity contribution in [3.05, 3.63) is 46.6 Å². The summed E-state index contributed by atoms with van der Waals surface area (Å²) in [6.07, 6.45) is -4.46. The number of rotatable bonds is 5. The van der Waals surface area contributed by atoms with Crippen LogP contribution in [-0.2, 0) is 50.5 Å². The van der Waals surface area contributed by atoms with E-state index in [2.05, 4.69) is 15.1 Å². The van der Waals surface area contributed by atoms with Crippen LogP contribution in [0.5, 0.6) is 0 Å². The van der Waals surface area contributed by atoms with Gasteiger partial charge in [0.1, 0.15) is 6.04 Å². The molecule has 3 heterocycles. The molecule has 1 aromatic carbocycles. The van der Waals surface area contributed by atoms with E-state index < -0.39 is 45.2 Å². The van der Waals surface area contributed by atoms with Gasteiger partial charge >= 0.3 is 6.18 Å². The summed E-state index contributed by atoms with van der Waals surface area (Å²) in [4.78, 5) is 37.5. The lowest BCUT2D eigenvalue weighted by atomic mass is 10.0. The first-order valence-electron chi connectivity index (χ1n) is 9.74. The van der Waals surface area contributed by atoms with Gasteiger partial charge in [0.15, 0.2) is 16.1 Å². The first kappa shape index (κ1) is 23.1. The Labute approximate surface area is 186 Å². The zero-order valence-electron chi connectivity index (χ0n) is 17.1. The second kappa shape index (κ2) is 8.04. The van der Waals surface area contributed by atoms with E-state index in [9.17, 15) is 36.3 Å². The number of nitrogens with one attached hydrogen (secondary N) is 2. The Bertz CT molecular complexity index is 1210. The minimum absolute atomic E-state index is 0.109. The molecule has 2 N–H and O–H groups in total. The quantitative estimate of drug-likeness (QED) is 0.477. The van der Waals surface area contributed by atoms with E-state index in [4.69, 9.17) is 0 Å². The molecule has 4 rings (SSSR count). The van der Waals surface area contributed by atoms with Crippen LogP contribution in [0.1, 0.15) is 40.0 Å². The number of nitrogens with zero attached hydrogens (tertiary/aromatic N) is 3. The fraction of sp³-hybridized carbons (Fsp3) is 0.368. The van der Waals surface area contributed by atoms with Crippen molar-refractivity contribution in [3.8, 4) is 0 Å². The molecule has 0 aliphatic carbocycles. The molecule has 2 aliphatic heterocycles. The van der Waals surface area contributed by atoms with Crippen molar-refractivity contribution in [1.82, 2.24) is 24.7 Å². The molecule has 176 valence electrons. The second-order valence-electron chi connectivity index (χ2n) is 7.71. The second-order valence-corrected chi connectivity index (χ2v) is 9.42. The highest BCUT2D eigenvalue weighted by Crippen LogP contribution is 2.31. The number of alkyl halides is 3. The van der Waals surface area contributed by atoms with Gasteiger partial charge < -0.3 is 9.45 Å². The number of aryl methyl sites for hydroxylation is 1. The Morgan fingerprint density at radius 2 is 2.00 bits per heavy atom. The Kier molecular flexibility index (Phi) is 5.62. The van der Waals surface area contributed by atoms with E-state index in [1.54, 1.807) is 6.07 Å². The van der Waals surface area contributed by atoms with Gasteiger partial charge in [-0.1, -0.05) is 16.3 Å². The highest BCUT2D eigenvalue weighted by Gasteiger charge is 2.40. The molecule has 0 radical (unpaired) electrons. The summed E-state index contributed by atoms with van der Waals surface area (Å²) in [6.45, 7) is -0.132. The van der Waals surface area contributed by atoms with Gasteiger partial charge in [0.25, 0.3) is 10.9 Å². The van der Waals surface area contributed by atoms with Crippen LogP contribution >= 0.6 is 0 Å². The number of hydrogen-bond donors (Lipinski definition) is 2. The zero-order valence-corrected chi connectivity index (χ0v) is 18.0.